The van der Waals surface area contributed by atoms with E-state index in [1.54, 1.807) is 18.6 Å². The molecule has 2 unspecified atom stereocenters. The lowest BCUT2D eigenvalue weighted by Crippen LogP contribution is -2.50. The first-order valence-electron chi connectivity index (χ1n) is 5.86. The molecule has 0 aromatic carbocycles. The van der Waals surface area contributed by atoms with E-state index in [0.717, 1.165) is 11.4 Å². The summed E-state index contributed by atoms with van der Waals surface area (Å²) in [5, 5.41) is 10.9. The maximum Gasteiger partial charge on any atom is 0.301 e. The largest absolute Gasteiger partial charge is 0.530 e. The molecule has 0 aromatic rings. The highest BCUT2D eigenvalue weighted by Gasteiger charge is 2.45. The van der Waals surface area contributed by atoms with Crippen molar-refractivity contribution in [2.75, 3.05) is 13.1 Å². The van der Waals surface area contributed by atoms with E-state index >= 15 is 0 Å². The maximum atomic E-state index is 10.9. The zero-order chi connectivity index (χ0) is 13.6. The molecule has 3 aliphatic rings. The van der Waals surface area contributed by atoms with Gasteiger partial charge in [-0.2, -0.15) is 10.8 Å². The second-order valence-corrected chi connectivity index (χ2v) is 5.41. The fraction of sp³-hybridized carbons (Fsp3) is 0.364. The molecule has 1 saturated heterocycles. The van der Waals surface area contributed by atoms with E-state index in [4.69, 9.17) is 5.84 Å². The Morgan fingerprint density at radius 1 is 1.63 bits per heavy atom. The normalized spacial score (nSPS) is 32.8. The molecular weight excluding hydrogens is 314 g/mol. The fourth-order valence-electron chi connectivity index (χ4n) is 2.54. The molecule has 100 valence electrons. The van der Waals surface area contributed by atoms with Crippen LogP contribution >= 0.6 is 15.9 Å². The van der Waals surface area contributed by atoms with Gasteiger partial charge in [0, 0.05) is 34.9 Å². The van der Waals surface area contributed by atoms with E-state index in [9.17, 15) is 9.90 Å². The van der Waals surface area contributed by atoms with Gasteiger partial charge in [-0.3, -0.25) is 4.99 Å². The third-order valence-electron chi connectivity index (χ3n) is 3.60. The molecule has 8 heteroatoms. The molecule has 3 rings (SSSR count). The van der Waals surface area contributed by atoms with Crippen LogP contribution in [0.3, 0.4) is 0 Å². The molecule has 1 amide bonds. The first-order valence-corrected chi connectivity index (χ1v) is 6.65. The van der Waals surface area contributed by atoms with Crippen molar-refractivity contribution in [2.45, 2.75) is 6.42 Å². The van der Waals surface area contributed by atoms with E-state index in [2.05, 4.69) is 25.9 Å². The van der Waals surface area contributed by atoms with Crippen molar-refractivity contribution >= 4 is 33.0 Å². The predicted molar refractivity (Wildman–Crippen MR) is 70.5 cm³/mol. The van der Waals surface area contributed by atoms with Crippen LogP contribution in [0.4, 0.5) is 4.79 Å². The highest BCUT2D eigenvalue weighted by atomic mass is 79.9. The lowest BCUT2D eigenvalue weighted by atomic mass is 10.0. The van der Waals surface area contributed by atoms with Crippen LogP contribution in [0.1, 0.15) is 6.42 Å². The number of amidine groups is 1. The molecule has 7 nitrogen and oxygen atoms in total. The number of quaternary nitrogens is 1. The van der Waals surface area contributed by atoms with Gasteiger partial charge in [0.2, 0.25) is 5.70 Å². The molecule has 0 radical (unpaired) electrons. The van der Waals surface area contributed by atoms with Gasteiger partial charge in [-0.05, 0) is 6.42 Å². The molecule has 3 heterocycles. The Morgan fingerprint density at radius 3 is 3.11 bits per heavy atom. The van der Waals surface area contributed by atoms with Crippen molar-refractivity contribution in [1.29, 1.82) is 0 Å². The van der Waals surface area contributed by atoms with Crippen molar-refractivity contribution in [2.24, 2.45) is 21.7 Å². The molecule has 19 heavy (non-hydrogen) atoms. The fourth-order valence-corrected chi connectivity index (χ4v) is 3.04. The van der Waals surface area contributed by atoms with Gasteiger partial charge in [0.25, 0.3) is 0 Å². The predicted octanol–water partition coefficient (Wildman–Crippen LogP) is -0.126. The minimum Gasteiger partial charge on any atom is -0.530 e. The minimum atomic E-state index is -1.14. The molecule has 0 bridgehead atoms. The van der Waals surface area contributed by atoms with Crippen LogP contribution in [0.2, 0.25) is 0 Å². The molecule has 0 saturated carbocycles. The molecule has 2 atom stereocenters. The maximum absolute atomic E-state index is 10.9. The Hall–Kier alpha value is -1.51. The van der Waals surface area contributed by atoms with Crippen LogP contribution in [0.15, 0.2) is 33.8 Å². The molecular formula is C11H12BrN5O2. The van der Waals surface area contributed by atoms with Gasteiger partial charge >= 0.3 is 4.74 Å². The third-order valence-corrected chi connectivity index (χ3v) is 4.36. The SMILES string of the molecule is N[N+]12C=CN=CC1=C(C1CCN(C(=O)[O-])C1)N=C2Br. The Kier molecular flexibility index (Phi) is 2.80. The molecule has 1 fully saturated rings. The summed E-state index contributed by atoms with van der Waals surface area (Å²) in [7, 11) is 0. The number of carboxylic acid groups (broad SMARTS) is 1. The lowest BCUT2D eigenvalue weighted by Gasteiger charge is -2.24. The van der Waals surface area contributed by atoms with Crippen LogP contribution in [0.25, 0.3) is 0 Å². The van der Waals surface area contributed by atoms with Crippen LogP contribution < -0.4 is 10.9 Å². The highest BCUT2D eigenvalue weighted by Crippen LogP contribution is 2.36. The van der Waals surface area contributed by atoms with E-state index in [0.29, 0.717) is 24.3 Å². The number of nitrogens with two attached hydrogens (primary N) is 1. The smallest absolute Gasteiger partial charge is 0.301 e. The van der Waals surface area contributed by atoms with Crippen molar-refractivity contribution < 1.29 is 14.5 Å². The van der Waals surface area contributed by atoms with Gasteiger partial charge in [0.15, 0.2) is 0 Å². The average Bonchev–Trinajstić information content (AvgIpc) is 2.94. The van der Waals surface area contributed by atoms with Gasteiger partial charge in [0.05, 0.1) is 12.4 Å². The second kappa shape index (κ2) is 4.26. The number of allylic oxidation sites excluding steroid dienone is 1. The van der Waals surface area contributed by atoms with Gasteiger partial charge < -0.3 is 14.8 Å². The Morgan fingerprint density at radius 2 is 2.42 bits per heavy atom. The van der Waals surface area contributed by atoms with Crippen molar-refractivity contribution in [3.05, 3.63) is 23.8 Å². The van der Waals surface area contributed by atoms with E-state index in [1.807, 2.05) is 0 Å². The standard InChI is InChI=1S/C11H12BrN5O2/c12-10-15-9(7-1-3-16(6-7)11(18)19)8-5-14-2-4-17(8,10)13/h2,4-5,7H,1,3,6,13H2. The quantitative estimate of drug-likeness (QED) is 0.413. The van der Waals surface area contributed by atoms with Crippen molar-refractivity contribution in [3.8, 4) is 0 Å². The summed E-state index contributed by atoms with van der Waals surface area (Å²) in [5.74, 6) is 6.27. The number of amides is 1. The third kappa shape index (κ3) is 1.83. The zero-order valence-corrected chi connectivity index (χ0v) is 11.6. The van der Waals surface area contributed by atoms with Gasteiger partial charge in [-0.25, -0.2) is 0 Å². The number of hydrogen-bond donors (Lipinski definition) is 1. The number of hydrogen-bond acceptors (Lipinski definition) is 5. The Balaban J connectivity index is 1.94. The van der Waals surface area contributed by atoms with E-state index < -0.39 is 6.09 Å². The topological polar surface area (TPSA) is 94.1 Å². The van der Waals surface area contributed by atoms with Gasteiger partial charge in [0.1, 0.15) is 18.0 Å². The zero-order valence-electron chi connectivity index (χ0n) is 9.99. The number of nitrogens with zero attached hydrogens (tertiary/aromatic N) is 4. The summed E-state index contributed by atoms with van der Waals surface area (Å²) in [6.07, 6.45) is 4.59. The second-order valence-electron chi connectivity index (χ2n) is 4.70. The number of carbonyl (C=O) groups is 1. The number of fused-ring (bicyclic) bond motifs is 1. The average molecular weight is 326 g/mol. The van der Waals surface area contributed by atoms with E-state index in [-0.39, 0.29) is 10.5 Å². The first-order chi connectivity index (χ1) is 9.02. The summed E-state index contributed by atoms with van der Waals surface area (Å²) < 4.78 is 0.535. The molecule has 0 aliphatic carbocycles. The number of rotatable bonds is 1. The first kappa shape index (κ1) is 12.5. The van der Waals surface area contributed by atoms with Gasteiger partial charge in [-0.15, -0.1) is 4.59 Å². The van der Waals surface area contributed by atoms with E-state index in [1.165, 1.54) is 4.90 Å². The Bertz CT molecular complexity index is 567. The number of halogens is 1. The van der Waals surface area contributed by atoms with Crippen LogP contribution in [-0.2, 0) is 0 Å². The van der Waals surface area contributed by atoms with Crippen LogP contribution in [0.5, 0.6) is 0 Å². The number of carbonyl (C=O) groups excluding carboxylic acids is 1. The summed E-state index contributed by atoms with van der Waals surface area (Å²) in [4.78, 5) is 20.7. The lowest BCUT2D eigenvalue weighted by molar-refractivity contribution is -0.746. The molecule has 0 spiro atoms. The summed E-state index contributed by atoms with van der Waals surface area (Å²) in [6.45, 7) is 0.858. The van der Waals surface area contributed by atoms with Gasteiger partial charge in [-0.1, -0.05) is 0 Å². The molecule has 3 aliphatic heterocycles. The summed E-state index contributed by atoms with van der Waals surface area (Å²) in [6, 6.07) is 0. The molecule has 2 N–H and O–H groups in total. The van der Waals surface area contributed by atoms with Crippen LogP contribution in [0, 0.1) is 5.92 Å². The summed E-state index contributed by atoms with van der Waals surface area (Å²) in [5.41, 5.74) is 1.57. The van der Waals surface area contributed by atoms with Crippen molar-refractivity contribution in [1.82, 2.24) is 4.90 Å². The monoisotopic (exact) mass is 325 g/mol. The minimum absolute atomic E-state index is 0.0296. The Labute approximate surface area is 118 Å². The number of likely N-dealkylation sites (tertiary alicyclic amines) is 1. The number of aliphatic imine (C=N–C) groups is 2. The van der Waals surface area contributed by atoms with Crippen LogP contribution in [-0.4, -0.2) is 39.6 Å². The molecule has 0 aromatic heterocycles. The summed E-state index contributed by atoms with van der Waals surface area (Å²) >= 11 is 3.37. The van der Waals surface area contributed by atoms with Crippen molar-refractivity contribution in [3.63, 3.8) is 0 Å². The highest BCUT2D eigenvalue weighted by molar-refractivity contribution is 9.18.